The van der Waals surface area contributed by atoms with Crippen LogP contribution in [-0.2, 0) is 11.3 Å². The predicted octanol–water partition coefficient (Wildman–Crippen LogP) is 3.49. The molecular weight excluding hydrogens is 344 g/mol. The number of benzene rings is 2. The van der Waals surface area contributed by atoms with E-state index in [-0.39, 0.29) is 12.5 Å². The van der Waals surface area contributed by atoms with Crippen molar-refractivity contribution in [2.45, 2.75) is 13.5 Å². The maximum Gasteiger partial charge on any atom is 0.239 e. The summed E-state index contributed by atoms with van der Waals surface area (Å²) < 4.78 is 6.11. The second kappa shape index (κ2) is 7.84. The largest absolute Gasteiger partial charge is 0.497 e. The Bertz CT molecular complexity index is 659. The van der Waals surface area contributed by atoms with Crippen molar-refractivity contribution in [2.75, 3.05) is 19.0 Å². The van der Waals surface area contributed by atoms with Gasteiger partial charge in [-0.3, -0.25) is 4.79 Å². The van der Waals surface area contributed by atoms with Gasteiger partial charge in [0.15, 0.2) is 0 Å². The number of amides is 1. The first-order valence-corrected chi connectivity index (χ1v) is 7.77. The van der Waals surface area contributed by atoms with Crippen LogP contribution in [0.25, 0.3) is 0 Å². The first-order valence-electron chi connectivity index (χ1n) is 6.98. The molecule has 0 radical (unpaired) electrons. The highest BCUT2D eigenvalue weighted by molar-refractivity contribution is 9.10. The predicted molar refractivity (Wildman–Crippen MR) is 92.2 cm³/mol. The number of methoxy groups -OCH3 is 1. The summed E-state index contributed by atoms with van der Waals surface area (Å²) in [5, 5.41) is 5.99. The number of ether oxygens (including phenoxy) is 1. The van der Waals surface area contributed by atoms with Crippen molar-refractivity contribution >= 4 is 27.5 Å². The van der Waals surface area contributed by atoms with Gasteiger partial charge in [0.1, 0.15) is 5.75 Å². The fourth-order valence-electron chi connectivity index (χ4n) is 1.98. The molecule has 0 fully saturated rings. The Balaban J connectivity index is 1.82. The number of anilines is 1. The number of carbonyl (C=O) groups is 1. The molecule has 2 aromatic rings. The van der Waals surface area contributed by atoms with Crippen molar-refractivity contribution in [2.24, 2.45) is 0 Å². The number of halogens is 1. The molecule has 0 atom stereocenters. The standard InChI is InChI=1S/C17H19BrN2O2/c1-12-6-7-16(15(18)8-12)19-11-17(21)20-10-13-4-3-5-14(9-13)22-2/h3-9,19H,10-11H2,1-2H3,(H,20,21). The van der Waals surface area contributed by atoms with E-state index in [0.29, 0.717) is 6.54 Å². The van der Waals surface area contributed by atoms with Crippen LogP contribution in [0.4, 0.5) is 5.69 Å². The molecule has 0 saturated carbocycles. The second-order valence-corrected chi connectivity index (χ2v) is 5.82. The molecule has 0 heterocycles. The Morgan fingerprint density at radius 2 is 2.05 bits per heavy atom. The van der Waals surface area contributed by atoms with E-state index in [4.69, 9.17) is 4.74 Å². The van der Waals surface area contributed by atoms with E-state index in [1.165, 1.54) is 5.56 Å². The van der Waals surface area contributed by atoms with E-state index in [1.54, 1.807) is 7.11 Å². The normalized spacial score (nSPS) is 10.1. The van der Waals surface area contributed by atoms with Gasteiger partial charge in [0, 0.05) is 16.7 Å². The minimum atomic E-state index is -0.0599. The number of rotatable bonds is 6. The van der Waals surface area contributed by atoms with Crippen molar-refractivity contribution in [1.82, 2.24) is 5.32 Å². The van der Waals surface area contributed by atoms with Crippen molar-refractivity contribution in [3.8, 4) is 5.75 Å². The fourth-order valence-corrected chi connectivity index (χ4v) is 2.62. The molecule has 2 aromatic carbocycles. The van der Waals surface area contributed by atoms with E-state index in [2.05, 4.69) is 26.6 Å². The highest BCUT2D eigenvalue weighted by Crippen LogP contribution is 2.22. The summed E-state index contributed by atoms with van der Waals surface area (Å²) in [6, 6.07) is 13.6. The van der Waals surface area contributed by atoms with Crippen LogP contribution >= 0.6 is 15.9 Å². The van der Waals surface area contributed by atoms with Gasteiger partial charge in [-0.15, -0.1) is 0 Å². The molecule has 0 aliphatic carbocycles. The minimum absolute atomic E-state index is 0.0599. The third kappa shape index (κ3) is 4.77. The highest BCUT2D eigenvalue weighted by Gasteiger charge is 2.04. The fraction of sp³-hybridized carbons (Fsp3) is 0.235. The van der Waals surface area contributed by atoms with Crippen LogP contribution in [-0.4, -0.2) is 19.6 Å². The van der Waals surface area contributed by atoms with Crippen LogP contribution < -0.4 is 15.4 Å². The Labute approximate surface area is 139 Å². The molecule has 2 rings (SSSR count). The summed E-state index contributed by atoms with van der Waals surface area (Å²) in [5.41, 5.74) is 3.08. The SMILES string of the molecule is COc1cccc(CNC(=O)CNc2ccc(C)cc2Br)c1. The Morgan fingerprint density at radius 3 is 2.77 bits per heavy atom. The average molecular weight is 363 g/mol. The summed E-state index contributed by atoms with van der Waals surface area (Å²) in [5.74, 6) is 0.726. The molecule has 0 saturated heterocycles. The lowest BCUT2D eigenvalue weighted by Crippen LogP contribution is -2.29. The van der Waals surface area contributed by atoms with Gasteiger partial charge in [-0.1, -0.05) is 18.2 Å². The van der Waals surface area contributed by atoms with E-state index in [0.717, 1.165) is 21.5 Å². The van der Waals surface area contributed by atoms with E-state index < -0.39 is 0 Å². The number of carbonyl (C=O) groups excluding carboxylic acids is 1. The van der Waals surface area contributed by atoms with Gasteiger partial charge in [0.25, 0.3) is 0 Å². The lowest BCUT2D eigenvalue weighted by molar-refractivity contribution is -0.119. The molecule has 116 valence electrons. The maximum atomic E-state index is 11.9. The third-order valence-corrected chi connectivity index (χ3v) is 3.84. The summed E-state index contributed by atoms with van der Waals surface area (Å²) >= 11 is 3.48. The number of nitrogens with one attached hydrogen (secondary N) is 2. The topological polar surface area (TPSA) is 50.4 Å². The smallest absolute Gasteiger partial charge is 0.239 e. The van der Waals surface area contributed by atoms with Gasteiger partial charge in [-0.2, -0.15) is 0 Å². The van der Waals surface area contributed by atoms with E-state index in [1.807, 2.05) is 49.4 Å². The Kier molecular flexibility index (Phi) is 5.83. The molecule has 5 heteroatoms. The van der Waals surface area contributed by atoms with Crippen LogP contribution in [0.15, 0.2) is 46.9 Å². The molecule has 4 nitrogen and oxygen atoms in total. The summed E-state index contributed by atoms with van der Waals surface area (Å²) in [6.45, 7) is 2.73. The summed E-state index contributed by atoms with van der Waals surface area (Å²) in [7, 11) is 1.63. The molecule has 0 spiro atoms. The van der Waals surface area contributed by atoms with Gasteiger partial charge in [0.2, 0.25) is 5.91 Å². The minimum Gasteiger partial charge on any atom is -0.497 e. The van der Waals surface area contributed by atoms with Gasteiger partial charge >= 0.3 is 0 Å². The van der Waals surface area contributed by atoms with Crippen LogP contribution in [0.5, 0.6) is 5.75 Å². The quantitative estimate of drug-likeness (QED) is 0.826. The van der Waals surface area contributed by atoms with Crippen LogP contribution in [0.3, 0.4) is 0 Å². The zero-order valence-electron chi connectivity index (χ0n) is 12.7. The van der Waals surface area contributed by atoms with Gasteiger partial charge in [-0.05, 0) is 58.2 Å². The number of hydrogen-bond acceptors (Lipinski definition) is 3. The maximum absolute atomic E-state index is 11.9. The first kappa shape index (κ1) is 16.4. The lowest BCUT2D eigenvalue weighted by Gasteiger charge is -2.10. The number of aryl methyl sites for hydroxylation is 1. The van der Waals surface area contributed by atoms with Crippen LogP contribution in [0.2, 0.25) is 0 Å². The Hall–Kier alpha value is -2.01. The Morgan fingerprint density at radius 1 is 1.23 bits per heavy atom. The molecule has 1 amide bonds. The molecule has 0 aliphatic heterocycles. The van der Waals surface area contributed by atoms with Crippen molar-refractivity contribution in [1.29, 1.82) is 0 Å². The zero-order valence-corrected chi connectivity index (χ0v) is 14.2. The van der Waals surface area contributed by atoms with E-state index in [9.17, 15) is 4.79 Å². The second-order valence-electron chi connectivity index (χ2n) is 4.97. The first-order chi connectivity index (χ1) is 10.6. The van der Waals surface area contributed by atoms with Crippen molar-refractivity contribution in [3.05, 3.63) is 58.1 Å². The highest BCUT2D eigenvalue weighted by atomic mass is 79.9. The van der Waals surface area contributed by atoms with Gasteiger partial charge < -0.3 is 15.4 Å². The third-order valence-electron chi connectivity index (χ3n) is 3.19. The molecule has 0 unspecified atom stereocenters. The lowest BCUT2D eigenvalue weighted by atomic mass is 10.2. The van der Waals surface area contributed by atoms with E-state index >= 15 is 0 Å². The molecule has 2 N–H and O–H groups in total. The van der Waals surface area contributed by atoms with Gasteiger partial charge in [-0.25, -0.2) is 0 Å². The van der Waals surface area contributed by atoms with Crippen molar-refractivity contribution < 1.29 is 9.53 Å². The van der Waals surface area contributed by atoms with Crippen molar-refractivity contribution in [3.63, 3.8) is 0 Å². The monoisotopic (exact) mass is 362 g/mol. The average Bonchev–Trinajstić information content (AvgIpc) is 2.52. The molecule has 0 aliphatic rings. The summed E-state index contributed by atoms with van der Waals surface area (Å²) in [4.78, 5) is 11.9. The molecular formula is C17H19BrN2O2. The number of hydrogen-bond donors (Lipinski definition) is 2. The summed E-state index contributed by atoms with van der Waals surface area (Å²) in [6.07, 6.45) is 0. The zero-order chi connectivity index (χ0) is 15.9. The van der Waals surface area contributed by atoms with Crippen LogP contribution in [0, 0.1) is 6.92 Å². The van der Waals surface area contributed by atoms with Gasteiger partial charge in [0.05, 0.1) is 13.7 Å². The molecule has 0 bridgehead atoms. The molecule has 22 heavy (non-hydrogen) atoms. The molecule has 0 aromatic heterocycles. The van der Waals surface area contributed by atoms with Crippen LogP contribution in [0.1, 0.15) is 11.1 Å².